The van der Waals surface area contributed by atoms with Crippen molar-refractivity contribution in [2.45, 2.75) is 51.2 Å². The number of aromatic nitrogens is 2. The molecule has 4 rings (SSSR count). The minimum absolute atomic E-state index is 0.317. The lowest BCUT2D eigenvalue weighted by Gasteiger charge is -2.34. The fourth-order valence-electron chi connectivity index (χ4n) is 4.42. The number of hydrogen-bond acceptors (Lipinski definition) is 6. The summed E-state index contributed by atoms with van der Waals surface area (Å²) in [6.07, 6.45) is 10.1. The second-order valence-corrected chi connectivity index (χ2v) is 7.69. The highest BCUT2D eigenvalue weighted by molar-refractivity contribution is 5.40. The van der Waals surface area contributed by atoms with Crippen LogP contribution < -0.4 is 9.64 Å². The topological polar surface area (TPSA) is 50.7 Å². The van der Waals surface area contributed by atoms with Gasteiger partial charge in [0.05, 0.1) is 25.6 Å². The highest BCUT2D eigenvalue weighted by Crippen LogP contribution is 2.28. The Balaban J connectivity index is 1.40. The maximum absolute atomic E-state index is 6.10. The molecule has 2 unspecified atom stereocenters. The maximum Gasteiger partial charge on any atom is 0.234 e. The van der Waals surface area contributed by atoms with Crippen LogP contribution in [0.5, 0.6) is 5.88 Å². The number of ether oxygens (including phenoxy) is 2. The number of hydrogen-bond donors (Lipinski definition) is 0. The standard InChI is InChI=1S/C19H30N4O2/c1-15-13-23(14-17(15)22-7-9-24-10-8-22)18-11-20-12-19(21-18)25-16-5-3-2-4-6-16/h11-12,15-17H,2-10,13-14H2,1H3. The van der Waals surface area contributed by atoms with Gasteiger partial charge >= 0.3 is 0 Å². The zero-order valence-corrected chi connectivity index (χ0v) is 15.3. The summed E-state index contributed by atoms with van der Waals surface area (Å²) in [5, 5.41) is 0. The molecule has 0 amide bonds. The minimum Gasteiger partial charge on any atom is -0.473 e. The van der Waals surface area contributed by atoms with Gasteiger partial charge in [0, 0.05) is 32.2 Å². The Morgan fingerprint density at radius 3 is 2.68 bits per heavy atom. The van der Waals surface area contributed by atoms with Crippen molar-refractivity contribution in [3.63, 3.8) is 0 Å². The molecule has 6 heteroatoms. The first-order valence-corrected chi connectivity index (χ1v) is 9.85. The first-order chi connectivity index (χ1) is 12.3. The monoisotopic (exact) mass is 346 g/mol. The quantitative estimate of drug-likeness (QED) is 0.834. The molecule has 3 aliphatic rings. The Kier molecular flexibility index (Phi) is 5.36. The van der Waals surface area contributed by atoms with Gasteiger partial charge in [0.15, 0.2) is 5.82 Å². The predicted octanol–water partition coefficient (Wildman–Crippen LogP) is 2.35. The molecule has 0 bridgehead atoms. The largest absolute Gasteiger partial charge is 0.473 e. The first-order valence-electron chi connectivity index (χ1n) is 9.85. The fourth-order valence-corrected chi connectivity index (χ4v) is 4.42. The summed E-state index contributed by atoms with van der Waals surface area (Å²) in [6.45, 7) is 8.18. The average molecular weight is 346 g/mol. The van der Waals surface area contributed by atoms with Crippen LogP contribution >= 0.6 is 0 Å². The first kappa shape index (κ1) is 17.0. The third-order valence-corrected chi connectivity index (χ3v) is 5.85. The van der Waals surface area contributed by atoms with E-state index in [4.69, 9.17) is 14.5 Å². The Labute approximate surface area is 150 Å². The Morgan fingerprint density at radius 2 is 1.88 bits per heavy atom. The summed E-state index contributed by atoms with van der Waals surface area (Å²) in [5.74, 6) is 2.27. The number of rotatable bonds is 4. The van der Waals surface area contributed by atoms with E-state index in [9.17, 15) is 0 Å². The van der Waals surface area contributed by atoms with E-state index in [1.165, 1.54) is 19.3 Å². The number of morpholine rings is 1. The molecule has 138 valence electrons. The Morgan fingerprint density at radius 1 is 1.08 bits per heavy atom. The zero-order chi connectivity index (χ0) is 17.1. The SMILES string of the molecule is CC1CN(c2cncc(OC3CCCCC3)n2)CC1N1CCOCC1. The molecule has 1 aromatic heterocycles. The molecule has 0 spiro atoms. The van der Waals surface area contributed by atoms with Crippen LogP contribution in [0, 0.1) is 5.92 Å². The smallest absolute Gasteiger partial charge is 0.234 e. The van der Waals surface area contributed by atoms with Gasteiger partial charge in [0.25, 0.3) is 0 Å². The van der Waals surface area contributed by atoms with Gasteiger partial charge in [-0.05, 0) is 31.6 Å². The molecule has 1 saturated carbocycles. The van der Waals surface area contributed by atoms with Crippen LogP contribution in [0.2, 0.25) is 0 Å². The van der Waals surface area contributed by atoms with Crippen molar-refractivity contribution in [2.75, 3.05) is 44.3 Å². The van der Waals surface area contributed by atoms with E-state index in [2.05, 4.69) is 21.7 Å². The van der Waals surface area contributed by atoms with Crippen molar-refractivity contribution in [1.82, 2.24) is 14.9 Å². The van der Waals surface area contributed by atoms with Crippen molar-refractivity contribution in [2.24, 2.45) is 5.92 Å². The Bertz CT molecular complexity index is 558. The maximum atomic E-state index is 6.10. The molecule has 0 radical (unpaired) electrons. The number of nitrogens with zero attached hydrogens (tertiary/aromatic N) is 4. The van der Waals surface area contributed by atoms with E-state index < -0.39 is 0 Å². The van der Waals surface area contributed by atoms with E-state index >= 15 is 0 Å². The molecule has 1 aliphatic carbocycles. The van der Waals surface area contributed by atoms with Crippen molar-refractivity contribution < 1.29 is 9.47 Å². The summed E-state index contributed by atoms with van der Waals surface area (Å²) in [5.41, 5.74) is 0. The van der Waals surface area contributed by atoms with Crippen LogP contribution in [0.3, 0.4) is 0 Å². The molecular weight excluding hydrogens is 316 g/mol. The van der Waals surface area contributed by atoms with E-state index in [0.717, 1.165) is 58.1 Å². The molecule has 1 aromatic rings. The van der Waals surface area contributed by atoms with Gasteiger partial charge in [0.1, 0.15) is 6.10 Å². The normalized spacial score (nSPS) is 29.1. The minimum atomic E-state index is 0.317. The fraction of sp³-hybridized carbons (Fsp3) is 0.789. The molecule has 0 N–H and O–H groups in total. The second-order valence-electron chi connectivity index (χ2n) is 7.69. The van der Waals surface area contributed by atoms with Crippen LogP contribution in [0.15, 0.2) is 12.4 Å². The lowest BCUT2D eigenvalue weighted by atomic mass is 9.98. The molecule has 3 heterocycles. The van der Waals surface area contributed by atoms with Gasteiger partial charge in [-0.1, -0.05) is 13.3 Å². The summed E-state index contributed by atoms with van der Waals surface area (Å²) in [4.78, 5) is 14.1. The van der Waals surface area contributed by atoms with Crippen molar-refractivity contribution in [3.05, 3.63) is 12.4 Å². The van der Waals surface area contributed by atoms with Crippen LogP contribution in [-0.2, 0) is 4.74 Å². The molecule has 2 atom stereocenters. The molecule has 25 heavy (non-hydrogen) atoms. The van der Waals surface area contributed by atoms with Crippen molar-refractivity contribution in [1.29, 1.82) is 0 Å². The molecule has 6 nitrogen and oxygen atoms in total. The lowest BCUT2D eigenvalue weighted by Crippen LogP contribution is -2.46. The predicted molar refractivity (Wildman–Crippen MR) is 97.1 cm³/mol. The highest BCUT2D eigenvalue weighted by Gasteiger charge is 2.35. The van der Waals surface area contributed by atoms with Crippen molar-refractivity contribution in [3.8, 4) is 5.88 Å². The van der Waals surface area contributed by atoms with E-state index in [1.807, 2.05) is 6.20 Å². The van der Waals surface area contributed by atoms with E-state index in [0.29, 0.717) is 23.9 Å². The lowest BCUT2D eigenvalue weighted by molar-refractivity contribution is 0.0134. The van der Waals surface area contributed by atoms with Crippen molar-refractivity contribution >= 4 is 5.82 Å². The van der Waals surface area contributed by atoms with E-state index in [-0.39, 0.29) is 0 Å². The summed E-state index contributed by atoms with van der Waals surface area (Å²) in [6, 6.07) is 0.577. The van der Waals surface area contributed by atoms with E-state index in [1.54, 1.807) is 6.20 Å². The van der Waals surface area contributed by atoms with Crippen LogP contribution in [0.25, 0.3) is 0 Å². The summed E-state index contributed by atoms with van der Waals surface area (Å²) < 4.78 is 11.6. The Hall–Kier alpha value is -1.40. The summed E-state index contributed by atoms with van der Waals surface area (Å²) in [7, 11) is 0. The molecule has 0 aromatic carbocycles. The molecular formula is C19H30N4O2. The third kappa shape index (κ3) is 4.06. The van der Waals surface area contributed by atoms with Gasteiger partial charge in [0.2, 0.25) is 5.88 Å². The van der Waals surface area contributed by atoms with Crippen LogP contribution in [0.4, 0.5) is 5.82 Å². The third-order valence-electron chi connectivity index (χ3n) is 5.85. The zero-order valence-electron chi connectivity index (χ0n) is 15.3. The summed E-state index contributed by atoms with van der Waals surface area (Å²) >= 11 is 0. The van der Waals surface area contributed by atoms with Gasteiger partial charge in [-0.25, -0.2) is 0 Å². The molecule has 2 aliphatic heterocycles. The second kappa shape index (κ2) is 7.87. The average Bonchev–Trinajstić information content (AvgIpc) is 3.05. The van der Waals surface area contributed by atoms with Gasteiger partial charge < -0.3 is 14.4 Å². The van der Waals surface area contributed by atoms with Gasteiger partial charge in [-0.15, -0.1) is 0 Å². The highest BCUT2D eigenvalue weighted by atomic mass is 16.5. The van der Waals surface area contributed by atoms with Gasteiger partial charge in [-0.3, -0.25) is 9.88 Å². The van der Waals surface area contributed by atoms with Crippen LogP contribution in [-0.4, -0.2) is 66.4 Å². The van der Waals surface area contributed by atoms with Gasteiger partial charge in [-0.2, -0.15) is 4.98 Å². The van der Waals surface area contributed by atoms with Crippen LogP contribution in [0.1, 0.15) is 39.0 Å². The molecule has 2 saturated heterocycles. The molecule has 3 fully saturated rings. The number of anilines is 1.